The third-order valence-electron chi connectivity index (χ3n) is 3.16. The first-order chi connectivity index (χ1) is 8.24. The average Bonchev–Trinajstić information content (AvgIpc) is 3.16. The molecule has 0 heterocycles. The minimum Gasteiger partial charge on any atom is -0.497 e. The molecule has 17 heavy (non-hydrogen) atoms. The predicted octanol–water partition coefficient (Wildman–Crippen LogP) is 2.46. The number of nitrogens with two attached hydrogens (primary N) is 1. The first kappa shape index (κ1) is 12.9. The fourth-order valence-corrected chi connectivity index (χ4v) is 2.39. The highest BCUT2D eigenvalue weighted by Gasteiger charge is 2.23. The van der Waals surface area contributed by atoms with Crippen molar-refractivity contribution in [2.75, 3.05) is 20.2 Å². The van der Waals surface area contributed by atoms with Crippen LogP contribution in [0.25, 0.3) is 0 Å². The second kappa shape index (κ2) is 5.85. The molecule has 0 saturated heterocycles. The zero-order valence-electron chi connectivity index (χ0n) is 10.1. The van der Waals surface area contributed by atoms with Crippen molar-refractivity contribution in [2.45, 2.75) is 18.9 Å². The summed E-state index contributed by atoms with van der Waals surface area (Å²) in [6.07, 6.45) is 2.70. The van der Waals surface area contributed by atoms with Crippen molar-refractivity contribution in [3.05, 3.63) is 28.2 Å². The second-order valence-corrected chi connectivity index (χ2v) is 5.38. The molecule has 3 nitrogen and oxygen atoms in total. The van der Waals surface area contributed by atoms with Crippen molar-refractivity contribution in [1.82, 2.24) is 5.32 Å². The molecule has 0 spiro atoms. The third kappa shape index (κ3) is 3.44. The molecule has 4 heteroatoms. The molecule has 1 saturated carbocycles. The van der Waals surface area contributed by atoms with Crippen LogP contribution in [-0.2, 0) is 0 Å². The number of methoxy groups -OCH3 is 1. The summed E-state index contributed by atoms with van der Waals surface area (Å²) in [6, 6.07) is 6.19. The molecule has 0 radical (unpaired) electrons. The summed E-state index contributed by atoms with van der Waals surface area (Å²) in [5, 5.41) is 3.53. The molecule has 1 aromatic carbocycles. The van der Waals surface area contributed by atoms with Crippen LogP contribution in [0, 0.1) is 5.92 Å². The van der Waals surface area contributed by atoms with Crippen molar-refractivity contribution in [3.8, 4) is 5.75 Å². The molecule has 1 atom stereocenters. The van der Waals surface area contributed by atoms with Gasteiger partial charge in [-0.15, -0.1) is 0 Å². The molecule has 1 aromatic rings. The lowest BCUT2D eigenvalue weighted by Gasteiger charge is -2.19. The quantitative estimate of drug-likeness (QED) is 0.848. The molecule has 1 aliphatic carbocycles. The molecule has 3 N–H and O–H groups in total. The van der Waals surface area contributed by atoms with E-state index in [0.717, 1.165) is 22.7 Å². The van der Waals surface area contributed by atoms with E-state index in [1.807, 2.05) is 18.2 Å². The Kier molecular flexibility index (Phi) is 4.42. The fraction of sp³-hybridized carbons (Fsp3) is 0.538. The lowest BCUT2D eigenvalue weighted by molar-refractivity contribution is 0.412. The lowest BCUT2D eigenvalue weighted by Crippen LogP contribution is -2.30. The van der Waals surface area contributed by atoms with Gasteiger partial charge in [0.1, 0.15) is 5.75 Å². The molecule has 1 aliphatic rings. The number of benzene rings is 1. The van der Waals surface area contributed by atoms with E-state index in [4.69, 9.17) is 10.5 Å². The van der Waals surface area contributed by atoms with Gasteiger partial charge in [-0.25, -0.2) is 0 Å². The molecule has 0 bridgehead atoms. The van der Waals surface area contributed by atoms with Crippen molar-refractivity contribution in [3.63, 3.8) is 0 Å². The number of hydrogen-bond donors (Lipinski definition) is 2. The molecule has 2 rings (SSSR count). The van der Waals surface area contributed by atoms with Gasteiger partial charge in [0.25, 0.3) is 0 Å². The summed E-state index contributed by atoms with van der Waals surface area (Å²) in [7, 11) is 1.68. The molecule has 0 amide bonds. The van der Waals surface area contributed by atoms with Gasteiger partial charge in [0.2, 0.25) is 0 Å². The van der Waals surface area contributed by atoms with Gasteiger partial charge in [0.15, 0.2) is 0 Å². The van der Waals surface area contributed by atoms with Crippen LogP contribution < -0.4 is 15.8 Å². The van der Waals surface area contributed by atoms with E-state index in [-0.39, 0.29) is 6.04 Å². The van der Waals surface area contributed by atoms with E-state index in [1.165, 1.54) is 18.4 Å². The summed E-state index contributed by atoms with van der Waals surface area (Å²) in [6.45, 7) is 1.66. The fourth-order valence-electron chi connectivity index (χ4n) is 1.87. The van der Waals surface area contributed by atoms with Crippen molar-refractivity contribution < 1.29 is 4.74 Å². The number of halogens is 1. The van der Waals surface area contributed by atoms with Crippen LogP contribution in [0.1, 0.15) is 24.4 Å². The Hall–Kier alpha value is -0.580. The van der Waals surface area contributed by atoms with Crippen LogP contribution in [0.3, 0.4) is 0 Å². The van der Waals surface area contributed by atoms with Crippen LogP contribution in [-0.4, -0.2) is 20.2 Å². The maximum atomic E-state index is 5.85. The van der Waals surface area contributed by atoms with E-state index >= 15 is 0 Å². The van der Waals surface area contributed by atoms with E-state index in [9.17, 15) is 0 Å². The Morgan fingerprint density at radius 3 is 2.88 bits per heavy atom. The Labute approximate surface area is 111 Å². The molecule has 1 unspecified atom stereocenters. The van der Waals surface area contributed by atoms with E-state index in [1.54, 1.807) is 7.11 Å². The van der Waals surface area contributed by atoms with Crippen molar-refractivity contribution in [2.24, 2.45) is 11.7 Å². The SMILES string of the molecule is COc1ccc(Br)c(C(CN)NCC2CC2)c1. The normalized spacial score (nSPS) is 16.9. The zero-order chi connectivity index (χ0) is 12.3. The summed E-state index contributed by atoms with van der Waals surface area (Å²) in [4.78, 5) is 0. The van der Waals surface area contributed by atoms with Gasteiger partial charge in [0, 0.05) is 17.1 Å². The maximum Gasteiger partial charge on any atom is 0.119 e. The van der Waals surface area contributed by atoms with Crippen LogP contribution >= 0.6 is 15.9 Å². The summed E-state index contributed by atoms with van der Waals surface area (Å²) in [5.41, 5.74) is 7.02. The number of hydrogen-bond acceptors (Lipinski definition) is 3. The van der Waals surface area contributed by atoms with Gasteiger partial charge in [-0.05, 0) is 49.1 Å². The van der Waals surface area contributed by atoms with Crippen molar-refractivity contribution >= 4 is 15.9 Å². The molecule has 0 aliphatic heterocycles. The van der Waals surface area contributed by atoms with E-state index in [2.05, 4.69) is 21.2 Å². The van der Waals surface area contributed by atoms with Gasteiger partial charge in [-0.2, -0.15) is 0 Å². The standard InChI is InChI=1S/C13H19BrN2O/c1-17-10-4-5-12(14)11(6-10)13(7-15)16-8-9-2-3-9/h4-6,9,13,16H,2-3,7-8,15H2,1H3. The maximum absolute atomic E-state index is 5.85. The number of ether oxygens (including phenoxy) is 1. The Morgan fingerprint density at radius 2 is 2.29 bits per heavy atom. The molecular formula is C13H19BrN2O. The van der Waals surface area contributed by atoms with Crippen LogP contribution in [0.2, 0.25) is 0 Å². The smallest absolute Gasteiger partial charge is 0.119 e. The highest BCUT2D eigenvalue weighted by atomic mass is 79.9. The molecular weight excluding hydrogens is 280 g/mol. The highest BCUT2D eigenvalue weighted by Crippen LogP contribution is 2.30. The van der Waals surface area contributed by atoms with Gasteiger partial charge < -0.3 is 15.8 Å². The Bertz CT molecular complexity index is 380. The zero-order valence-corrected chi connectivity index (χ0v) is 11.7. The van der Waals surface area contributed by atoms with Gasteiger partial charge in [-0.1, -0.05) is 15.9 Å². The predicted molar refractivity (Wildman–Crippen MR) is 73.2 cm³/mol. The monoisotopic (exact) mass is 298 g/mol. The number of rotatable bonds is 6. The topological polar surface area (TPSA) is 47.3 Å². The van der Waals surface area contributed by atoms with Crippen molar-refractivity contribution in [1.29, 1.82) is 0 Å². The summed E-state index contributed by atoms with van der Waals surface area (Å²) < 4.78 is 6.33. The van der Waals surface area contributed by atoms with Crippen LogP contribution in [0.5, 0.6) is 5.75 Å². The first-order valence-electron chi connectivity index (χ1n) is 6.01. The largest absolute Gasteiger partial charge is 0.497 e. The van der Waals surface area contributed by atoms with Crippen LogP contribution in [0.4, 0.5) is 0 Å². The first-order valence-corrected chi connectivity index (χ1v) is 6.80. The Balaban J connectivity index is 2.09. The van der Waals surface area contributed by atoms with Gasteiger partial charge in [0.05, 0.1) is 7.11 Å². The summed E-state index contributed by atoms with van der Waals surface area (Å²) in [5.74, 6) is 1.73. The molecule has 0 aromatic heterocycles. The average molecular weight is 299 g/mol. The van der Waals surface area contributed by atoms with Crippen LogP contribution in [0.15, 0.2) is 22.7 Å². The third-order valence-corrected chi connectivity index (χ3v) is 3.89. The van der Waals surface area contributed by atoms with Gasteiger partial charge >= 0.3 is 0 Å². The van der Waals surface area contributed by atoms with E-state index in [0.29, 0.717) is 6.54 Å². The Morgan fingerprint density at radius 1 is 1.53 bits per heavy atom. The summed E-state index contributed by atoms with van der Waals surface area (Å²) >= 11 is 3.57. The lowest BCUT2D eigenvalue weighted by atomic mass is 10.1. The van der Waals surface area contributed by atoms with E-state index < -0.39 is 0 Å². The second-order valence-electron chi connectivity index (χ2n) is 4.53. The highest BCUT2D eigenvalue weighted by molar-refractivity contribution is 9.10. The molecule has 1 fully saturated rings. The minimum absolute atomic E-state index is 0.195. The molecule has 94 valence electrons. The number of nitrogens with one attached hydrogen (secondary N) is 1. The minimum atomic E-state index is 0.195. The van der Waals surface area contributed by atoms with Gasteiger partial charge in [-0.3, -0.25) is 0 Å².